The zero-order valence-electron chi connectivity index (χ0n) is 5.29. The van der Waals surface area contributed by atoms with Crippen LogP contribution in [0.25, 0.3) is 0 Å². The number of nitrogens with zero attached hydrogens (tertiary/aromatic N) is 1. The van der Waals surface area contributed by atoms with E-state index in [1.54, 1.807) is 0 Å². The first-order valence-electron chi connectivity index (χ1n) is 2.30. The average molecular weight is 148 g/mol. The monoisotopic (exact) mass is 148 g/mol. The van der Waals surface area contributed by atoms with E-state index in [4.69, 9.17) is 10.9 Å². The van der Waals surface area contributed by atoms with Crippen molar-refractivity contribution in [1.29, 1.82) is 0 Å². The van der Waals surface area contributed by atoms with Crippen LogP contribution in [0.2, 0.25) is 0 Å². The van der Waals surface area contributed by atoms with Gasteiger partial charge in [0.2, 0.25) is 5.96 Å². The Morgan fingerprint density at radius 3 is 2.70 bits per heavy atom. The van der Waals surface area contributed by atoms with Gasteiger partial charge in [0, 0.05) is 7.05 Å². The molecule has 0 amide bonds. The topological polar surface area (TPSA) is 109 Å². The van der Waals surface area contributed by atoms with Crippen molar-refractivity contribution in [3.63, 3.8) is 0 Å². The number of hydrogen-bond acceptors (Lipinski definition) is 4. The van der Waals surface area contributed by atoms with Gasteiger partial charge in [-0.05, 0) is 0 Å². The molecule has 0 saturated carbocycles. The Morgan fingerprint density at radius 2 is 2.40 bits per heavy atom. The van der Waals surface area contributed by atoms with Crippen molar-refractivity contribution in [2.75, 3.05) is 7.05 Å². The average Bonchev–Trinajstić information content (AvgIpc) is 1.90. The Kier molecular flexibility index (Phi) is 3.73. The minimum absolute atomic E-state index is 0.0300. The summed E-state index contributed by atoms with van der Waals surface area (Å²) in [6, 6.07) is 0. The third-order valence-electron chi connectivity index (χ3n) is 0.595. The molecule has 0 rings (SSSR count). The largest absolute Gasteiger partial charge is 0.530 e. The molecule has 0 fully saturated rings. The molecule has 0 bridgehead atoms. The Morgan fingerprint density at radius 1 is 1.80 bits per heavy atom. The molecule has 7 nitrogen and oxygen atoms in total. The molecule has 0 aromatic heterocycles. The fourth-order valence-electron chi connectivity index (χ4n) is 0.232. The highest BCUT2D eigenvalue weighted by molar-refractivity contribution is 5.78. The van der Waals surface area contributed by atoms with Gasteiger partial charge in [0.25, 0.3) is 0 Å². The minimum Gasteiger partial charge on any atom is -0.448 e. The van der Waals surface area contributed by atoms with Crippen LogP contribution in [0.3, 0.4) is 0 Å². The highest BCUT2D eigenvalue weighted by Crippen LogP contribution is 1.68. The van der Waals surface area contributed by atoms with Gasteiger partial charge in [0.15, 0.2) is 0 Å². The fraction of sp³-hybridized carbons (Fsp3) is 0.333. The van der Waals surface area contributed by atoms with Gasteiger partial charge in [0.05, 0.1) is 0 Å². The van der Waals surface area contributed by atoms with E-state index in [0.29, 0.717) is 0 Å². The molecular formula is C3H8N4O3. The number of aliphatic imine (C=N–C) groups is 1. The summed E-state index contributed by atoms with van der Waals surface area (Å²) in [5.74, 6) is 4.88. The highest BCUT2D eigenvalue weighted by atomic mass is 16.8. The van der Waals surface area contributed by atoms with E-state index in [-0.39, 0.29) is 5.96 Å². The summed E-state index contributed by atoms with van der Waals surface area (Å²) in [5.41, 5.74) is 3.99. The Hall–Kier alpha value is -1.50. The van der Waals surface area contributed by atoms with Gasteiger partial charge in [-0.1, -0.05) is 0 Å². The maximum absolute atomic E-state index is 9.73. The van der Waals surface area contributed by atoms with Crippen molar-refractivity contribution in [1.82, 2.24) is 10.9 Å². The second-order valence-corrected chi connectivity index (χ2v) is 1.19. The molecule has 0 radical (unpaired) electrons. The lowest BCUT2D eigenvalue weighted by molar-refractivity contribution is 0.0671. The van der Waals surface area contributed by atoms with Crippen molar-refractivity contribution in [2.24, 2.45) is 10.8 Å². The van der Waals surface area contributed by atoms with E-state index in [1.165, 1.54) is 7.05 Å². The van der Waals surface area contributed by atoms with E-state index in [1.807, 2.05) is 5.48 Å². The van der Waals surface area contributed by atoms with Gasteiger partial charge in [-0.2, -0.15) is 5.48 Å². The van der Waals surface area contributed by atoms with E-state index >= 15 is 0 Å². The van der Waals surface area contributed by atoms with Crippen LogP contribution in [0.1, 0.15) is 0 Å². The molecule has 0 saturated heterocycles. The van der Waals surface area contributed by atoms with Gasteiger partial charge in [-0.3, -0.25) is 10.4 Å². The van der Waals surface area contributed by atoms with E-state index < -0.39 is 6.16 Å². The molecule has 0 spiro atoms. The van der Waals surface area contributed by atoms with Crippen molar-refractivity contribution < 1.29 is 14.7 Å². The number of hydroxylamine groups is 1. The summed E-state index contributed by atoms with van der Waals surface area (Å²) in [5, 5.41) is 7.95. The molecule has 0 unspecified atom stereocenters. The Labute approximate surface area is 56.8 Å². The number of nitrogens with one attached hydrogen (secondary N) is 2. The van der Waals surface area contributed by atoms with Crippen LogP contribution in [0.15, 0.2) is 4.99 Å². The van der Waals surface area contributed by atoms with E-state index in [2.05, 4.69) is 15.3 Å². The third kappa shape index (κ3) is 3.50. The lowest BCUT2D eigenvalue weighted by Crippen LogP contribution is -2.42. The summed E-state index contributed by atoms with van der Waals surface area (Å²) in [7, 11) is 1.41. The smallest absolute Gasteiger partial charge is 0.448 e. The molecule has 7 heteroatoms. The quantitative estimate of drug-likeness (QED) is 0.146. The molecule has 0 aliphatic heterocycles. The maximum atomic E-state index is 9.73. The molecule has 0 heterocycles. The number of carboxylic acid groups (broad SMARTS) is 1. The van der Waals surface area contributed by atoms with Crippen LogP contribution >= 0.6 is 0 Å². The van der Waals surface area contributed by atoms with Gasteiger partial charge in [-0.25, -0.2) is 10.6 Å². The zero-order valence-corrected chi connectivity index (χ0v) is 5.29. The first kappa shape index (κ1) is 8.50. The summed E-state index contributed by atoms with van der Waals surface area (Å²) >= 11 is 0. The van der Waals surface area contributed by atoms with Crippen LogP contribution in [-0.2, 0) is 4.84 Å². The SMILES string of the molecule is CN=C(NN)NOC(=O)O. The van der Waals surface area contributed by atoms with E-state index in [0.717, 1.165) is 0 Å². The lowest BCUT2D eigenvalue weighted by atomic mass is 11.0. The third-order valence-corrected chi connectivity index (χ3v) is 0.595. The molecule has 0 atom stereocenters. The molecule has 5 N–H and O–H groups in total. The number of hydrogen-bond donors (Lipinski definition) is 4. The number of carbonyl (C=O) groups is 1. The summed E-state index contributed by atoms with van der Waals surface area (Å²) in [6.07, 6.45) is -1.46. The molecule has 0 aromatic rings. The summed E-state index contributed by atoms with van der Waals surface area (Å²) < 4.78 is 0. The number of guanidine groups is 1. The van der Waals surface area contributed by atoms with Crippen molar-refractivity contribution in [3.05, 3.63) is 0 Å². The first-order chi connectivity index (χ1) is 4.70. The van der Waals surface area contributed by atoms with Gasteiger partial charge in [0.1, 0.15) is 0 Å². The second kappa shape index (κ2) is 4.39. The lowest BCUT2D eigenvalue weighted by Gasteiger charge is -2.03. The molecule has 0 aromatic carbocycles. The second-order valence-electron chi connectivity index (χ2n) is 1.19. The Bertz CT molecular complexity index is 145. The predicted octanol–water partition coefficient (Wildman–Crippen LogP) is -1.37. The van der Waals surface area contributed by atoms with Crippen molar-refractivity contribution in [3.8, 4) is 0 Å². The van der Waals surface area contributed by atoms with Gasteiger partial charge in [-0.15, -0.1) is 0 Å². The van der Waals surface area contributed by atoms with Gasteiger partial charge >= 0.3 is 6.16 Å². The van der Waals surface area contributed by atoms with Crippen LogP contribution in [0.5, 0.6) is 0 Å². The zero-order chi connectivity index (χ0) is 7.98. The standard InChI is InChI=1S/C3H8N4O3/c1-5-2(6-4)7-10-3(8)9/h4H2,1H3,(H,8,9)(H2,5,6,7). The number of rotatable bonds is 0. The number of nitrogens with two attached hydrogens (primary N) is 1. The normalized spacial score (nSPS) is 10.4. The minimum atomic E-state index is -1.46. The van der Waals surface area contributed by atoms with Crippen LogP contribution < -0.4 is 16.7 Å². The maximum Gasteiger partial charge on any atom is 0.530 e. The fourth-order valence-corrected chi connectivity index (χ4v) is 0.232. The van der Waals surface area contributed by atoms with Crippen molar-refractivity contribution >= 4 is 12.1 Å². The van der Waals surface area contributed by atoms with Gasteiger partial charge < -0.3 is 9.94 Å². The van der Waals surface area contributed by atoms with Crippen LogP contribution in [0, 0.1) is 0 Å². The molecular weight excluding hydrogens is 140 g/mol. The predicted molar refractivity (Wildman–Crippen MR) is 32.9 cm³/mol. The molecule has 0 aliphatic carbocycles. The van der Waals surface area contributed by atoms with E-state index in [9.17, 15) is 4.79 Å². The summed E-state index contributed by atoms with van der Waals surface area (Å²) in [4.78, 5) is 17.1. The van der Waals surface area contributed by atoms with Crippen LogP contribution in [-0.4, -0.2) is 24.3 Å². The molecule has 10 heavy (non-hydrogen) atoms. The first-order valence-corrected chi connectivity index (χ1v) is 2.30. The highest BCUT2D eigenvalue weighted by Gasteiger charge is 1.97. The number of hydrazine groups is 1. The van der Waals surface area contributed by atoms with Crippen molar-refractivity contribution in [2.45, 2.75) is 0 Å². The Balaban J connectivity index is 3.56. The summed E-state index contributed by atoms with van der Waals surface area (Å²) in [6.45, 7) is 0. The van der Waals surface area contributed by atoms with Crippen LogP contribution in [0.4, 0.5) is 4.79 Å². The molecule has 0 aliphatic rings. The molecule has 58 valence electrons.